The summed E-state index contributed by atoms with van der Waals surface area (Å²) in [5.74, 6) is -3.20. The number of nitrogens with zero attached hydrogens (tertiary/aromatic N) is 1. The summed E-state index contributed by atoms with van der Waals surface area (Å²) in [6.45, 7) is -0.241. The van der Waals surface area contributed by atoms with Gasteiger partial charge in [-0.1, -0.05) is 29.3 Å². The molecule has 1 aromatic carbocycles. The molecule has 1 aromatic rings. The summed E-state index contributed by atoms with van der Waals surface area (Å²) >= 11 is 11.8. The highest BCUT2D eigenvalue weighted by molar-refractivity contribution is 6.42. The number of carboxylic acids is 1. The molecular formula is C15H14Cl2N2O5. The molecule has 0 atom stereocenters. The third-order valence-corrected chi connectivity index (χ3v) is 4.13. The molecule has 0 unspecified atom stereocenters. The van der Waals surface area contributed by atoms with Gasteiger partial charge in [-0.25, -0.2) is 0 Å². The van der Waals surface area contributed by atoms with E-state index < -0.39 is 29.9 Å². The van der Waals surface area contributed by atoms with Crippen molar-refractivity contribution in [2.24, 2.45) is 0 Å². The first kappa shape index (κ1) is 18.1. The molecule has 1 heterocycles. The van der Waals surface area contributed by atoms with Gasteiger partial charge in [-0.05, 0) is 17.7 Å². The van der Waals surface area contributed by atoms with E-state index >= 15 is 0 Å². The Labute approximate surface area is 147 Å². The average Bonchev–Trinajstić information content (AvgIpc) is 2.51. The van der Waals surface area contributed by atoms with Crippen molar-refractivity contribution in [3.8, 4) is 0 Å². The predicted molar refractivity (Wildman–Crippen MR) is 86.8 cm³/mol. The summed E-state index contributed by atoms with van der Waals surface area (Å²) in [5, 5.41) is 21.2. The van der Waals surface area contributed by atoms with Gasteiger partial charge >= 0.3 is 5.97 Å². The lowest BCUT2D eigenvalue weighted by Crippen LogP contribution is -2.43. The van der Waals surface area contributed by atoms with E-state index in [-0.39, 0.29) is 25.3 Å². The molecule has 0 radical (unpaired) electrons. The molecule has 0 aliphatic carbocycles. The molecule has 0 spiro atoms. The molecule has 0 saturated carbocycles. The van der Waals surface area contributed by atoms with Crippen molar-refractivity contribution in [3.63, 3.8) is 0 Å². The molecule has 24 heavy (non-hydrogen) atoms. The van der Waals surface area contributed by atoms with Gasteiger partial charge in [-0.3, -0.25) is 14.4 Å². The van der Waals surface area contributed by atoms with Crippen LogP contribution in [0.4, 0.5) is 0 Å². The Morgan fingerprint density at radius 3 is 2.58 bits per heavy atom. The van der Waals surface area contributed by atoms with Crippen LogP contribution in [-0.4, -0.2) is 46.0 Å². The van der Waals surface area contributed by atoms with E-state index in [1.165, 1.54) is 4.90 Å². The molecule has 2 rings (SSSR count). The summed E-state index contributed by atoms with van der Waals surface area (Å²) in [5.41, 5.74) is 0.270. The summed E-state index contributed by atoms with van der Waals surface area (Å²) in [6, 6.07) is 4.91. The topological polar surface area (TPSA) is 107 Å². The van der Waals surface area contributed by atoms with Crippen molar-refractivity contribution in [1.82, 2.24) is 10.2 Å². The zero-order chi connectivity index (χ0) is 17.9. The van der Waals surface area contributed by atoms with Gasteiger partial charge in [-0.2, -0.15) is 0 Å². The molecule has 3 N–H and O–H groups in total. The van der Waals surface area contributed by atoms with Crippen LogP contribution in [0.25, 0.3) is 0 Å². The molecule has 2 amide bonds. The molecule has 0 fully saturated rings. The summed E-state index contributed by atoms with van der Waals surface area (Å²) in [6.07, 6.45) is 0.100. The van der Waals surface area contributed by atoms with Crippen molar-refractivity contribution in [2.75, 3.05) is 13.1 Å². The molecule has 1 aliphatic heterocycles. The van der Waals surface area contributed by atoms with Crippen LogP contribution in [0.15, 0.2) is 29.5 Å². The van der Waals surface area contributed by atoms with Crippen LogP contribution >= 0.6 is 23.2 Å². The summed E-state index contributed by atoms with van der Waals surface area (Å²) in [7, 11) is 0. The number of carbonyl (C=O) groups excluding carboxylic acids is 2. The van der Waals surface area contributed by atoms with Crippen LogP contribution in [0.2, 0.25) is 10.0 Å². The third-order valence-electron chi connectivity index (χ3n) is 3.39. The number of hydrogen-bond acceptors (Lipinski definition) is 4. The van der Waals surface area contributed by atoms with Crippen LogP contribution < -0.4 is 5.32 Å². The second-order valence-electron chi connectivity index (χ2n) is 5.12. The minimum Gasteiger partial charge on any atom is -0.511 e. The van der Waals surface area contributed by atoms with E-state index in [9.17, 15) is 19.5 Å². The van der Waals surface area contributed by atoms with Gasteiger partial charge < -0.3 is 20.4 Å². The number of rotatable bonds is 5. The van der Waals surface area contributed by atoms with Crippen molar-refractivity contribution < 1.29 is 24.6 Å². The van der Waals surface area contributed by atoms with E-state index in [1.807, 2.05) is 0 Å². The largest absolute Gasteiger partial charge is 0.511 e. The molecular weight excluding hydrogens is 359 g/mol. The number of amides is 2. The summed E-state index contributed by atoms with van der Waals surface area (Å²) in [4.78, 5) is 36.2. The van der Waals surface area contributed by atoms with E-state index in [4.69, 9.17) is 28.3 Å². The Morgan fingerprint density at radius 1 is 1.25 bits per heavy atom. The number of aliphatic carboxylic acids is 1. The van der Waals surface area contributed by atoms with E-state index in [2.05, 4.69) is 5.32 Å². The van der Waals surface area contributed by atoms with Crippen LogP contribution in [0.5, 0.6) is 0 Å². The number of nitrogens with one attached hydrogen (secondary N) is 1. The lowest BCUT2D eigenvalue weighted by atomic mass is 10.0. The molecule has 0 saturated heterocycles. The molecule has 9 heteroatoms. The first-order chi connectivity index (χ1) is 11.3. The second-order valence-corrected chi connectivity index (χ2v) is 5.94. The standard InChI is InChI=1S/C15H14Cl2N2O5/c16-9-2-1-8(5-10(9)17)7-19-4-3-11(20)13(15(19)24)14(23)18-6-12(21)22/h1-2,5,20H,3-4,6-7H2,(H,18,23)(H,21,22). The van der Waals surface area contributed by atoms with Gasteiger partial charge in [0, 0.05) is 19.5 Å². The van der Waals surface area contributed by atoms with Crippen LogP contribution in [0.3, 0.4) is 0 Å². The number of aliphatic hydroxyl groups is 1. The SMILES string of the molecule is O=C(O)CNC(=O)C1=C(O)CCN(Cc2ccc(Cl)c(Cl)c2)C1=O. The molecule has 128 valence electrons. The number of carboxylic acid groups (broad SMARTS) is 1. The maximum absolute atomic E-state index is 12.4. The number of aliphatic hydroxyl groups excluding tert-OH is 1. The fourth-order valence-electron chi connectivity index (χ4n) is 2.23. The number of halogens is 2. The Hall–Kier alpha value is -2.25. The maximum atomic E-state index is 12.4. The van der Waals surface area contributed by atoms with Gasteiger partial charge in [-0.15, -0.1) is 0 Å². The quantitative estimate of drug-likeness (QED) is 0.682. The Kier molecular flexibility index (Phi) is 5.69. The Bertz CT molecular complexity index is 733. The molecule has 1 aliphatic rings. The zero-order valence-corrected chi connectivity index (χ0v) is 13.9. The van der Waals surface area contributed by atoms with Crippen molar-refractivity contribution in [3.05, 3.63) is 45.1 Å². The monoisotopic (exact) mass is 372 g/mol. The lowest BCUT2D eigenvalue weighted by Gasteiger charge is -2.28. The van der Waals surface area contributed by atoms with E-state index in [1.54, 1.807) is 18.2 Å². The van der Waals surface area contributed by atoms with Crippen LogP contribution in [-0.2, 0) is 20.9 Å². The number of hydrogen-bond donors (Lipinski definition) is 3. The Balaban J connectivity index is 2.14. The number of carbonyl (C=O) groups is 3. The maximum Gasteiger partial charge on any atom is 0.322 e. The number of benzene rings is 1. The molecule has 7 nitrogen and oxygen atoms in total. The highest BCUT2D eigenvalue weighted by atomic mass is 35.5. The fraction of sp³-hybridized carbons (Fsp3) is 0.267. The molecule has 0 aromatic heterocycles. The fourth-order valence-corrected chi connectivity index (χ4v) is 2.55. The third kappa shape index (κ3) is 4.18. The smallest absolute Gasteiger partial charge is 0.322 e. The highest BCUT2D eigenvalue weighted by Crippen LogP contribution is 2.25. The summed E-state index contributed by atoms with van der Waals surface area (Å²) < 4.78 is 0. The van der Waals surface area contributed by atoms with Gasteiger partial charge in [0.25, 0.3) is 11.8 Å². The lowest BCUT2D eigenvalue weighted by molar-refractivity contribution is -0.138. The predicted octanol–water partition coefficient (Wildman–Crippen LogP) is 1.74. The van der Waals surface area contributed by atoms with Crippen LogP contribution in [0, 0.1) is 0 Å². The van der Waals surface area contributed by atoms with Crippen LogP contribution in [0.1, 0.15) is 12.0 Å². The first-order valence-electron chi connectivity index (χ1n) is 6.95. The van der Waals surface area contributed by atoms with Gasteiger partial charge in [0.05, 0.1) is 10.0 Å². The first-order valence-corrected chi connectivity index (χ1v) is 7.70. The van der Waals surface area contributed by atoms with Crippen molar-refractivity contribution in [1.29, 1.82) is 0 Å². The highest BCUT2D eigenvalue weighted by Gasteiger charge is 2.32. The normalized spacial score (nSPS) is 14.8. The molecule has 0 bridgehead atoms. The second kappa shape index (κ2) is 7.55. The van der Waals surface area contributed by atoms with Gasteiger partial charge in [0.2, 0.25) is 0 Å². The zero-order valence-electron chi connectivity index (χ0n) is 12.4. The van der Waals surface area contributed by atoms with Crippen molar-refractivity contribution in [2.45, 2.75) is 13.0 Å². The minimum absolute atomic E-state index is 0.100. The van der Waals surface area contributed by atoms with E-state index in [0.29, 0.717) is 15.6 Å². The van der Waals surface area contributed by atoms with E-state index in [0.717, 1.165) is 0 Å². The van der Waals surface area contributed by atoms with Crippen molar-refractivity contribution >= 4 is 41.0 Å². The minimum atomic E-state index is -1.25. The van der Waals surface area contributed by atoms with Gasteiger partial charge in [0.1, 0.15) is 17.9 Å². The average molecular weight is 373 g/mol. The Morgan fingerprint density at radius 2 is 1.96 bits per heavy atom. The van der Waals surface area contributed by atoms with Gasteiger partial charge in [0.15, 0.2) is 0 Å².